The summed E-state index contributed by atoms with van der Waals surface area (Å²) in [5, 5.41) is 8.65. The predicted octanol–water partition coefficient (Wildman–Crippen LogP) is 0.971. The summed E-state index contributed by atoms with van der Waals surface area (Å²) < 4.78 is 26.7. The summed E-state index contributed by atoms with van der Waals surface area (Å²) in [6, 6.07) is 3.26. The molecule has 116 valence electrons. The number of carboxylic acids is 1. The molecular formula is C12H15ClN2O5S. The van der Waals surface area contributed by atoms with Crippen molar-refractivity contribution in [3.63, 3.8) is 0 Å². The summed E-state index contributed by atoms with van der Waals surface area (Å²) in [6.07, 6.45) is -0.187. The van der Waals surface area contributed by atoms with Crippen molar-refractivity contribution < 1.29 is 23.1 Å². The molecule has 0 fully saturated rings. The summed E-state index contributed by atoms with van der Waals surface area (Å²) in [7, 11) is -3.96. The zero-order valence-electron chi connectivity index (χ0n) is 11.4. The number of aromatic carboxylic acids is 1. The van der Waals surface area contributed by atoms with Gasteiger partial charge in [-0.3, -0.25) is 4.79 Å². The Morgan fingerprint density at radius 3 is 2.38 bits per heavy atom. The molecule has 1 rings (SSSR count). The molecule has 0 aromatic heterocycles. The van der Waals surface area contributed by atoms with E-state index in [2.05, 4.69) is 4.72 Å². The smallest absolute Gasteiger partial charge is 0.337 e. The maximum Gasteiger partial charge on any atom is 0.337 e. The van der Waals surface area contributed by atoms with E-state index in [1.807, 2.05) is 0 Å². The molecule has 21 heavy (non-hydrogen) atoms. The van der Waals surface area contributed by atoms with Crippen molar-refractivity contribution in [3.05, 3.63) is 28.8 Å². The lowest BCUT2D eigenvalue weighted by molar-refractivity contribution is -0.119. The topological polar surface area (TPSA) is 127 Å². The molecule has 0 saturated carbocycles. The van der Waals surface area contributed by atoms with Gasteiger partial charge in [0.1, 0.15) is 0 Å². The third kappa shape index (κ3) is 4.69. The van der Waals surface area contributed by atoms with Crippen LogP contribution in [0.4, 0.5) is 0 Å². The highest BCUT2D eigenvalue weighted by Crippen LogP contribution is 2.22. The maximum absolute atomic E-state index is 12.2. The van der Waals surface area contributed by atoms with Gasteiger partial charge < -0.3 is 10.8 Å². The number of nitrogens with one attached hydrogen (secondary N) is 1. The predicted molar refractivity (Wildman–Crippen MR) is 76.6 cm³/mol. The van der Waals surface area contributed by atoms with Gasteiger partial charge >= 0.3 is 5.97 Å². The molecule has 0 saturated heterocycles. The number of halogens is 1. The molecule has 0 bridgehead atoms. The standard InChI is InChI=1S/C12H15ClN2O5S/c1-12(2,6-10(14)16)15-21(19,20)7-3-4-8(11(17)18)9(13)5-7/h3-5,15H,6H2,1-2H3,(H2,14,16)(H,17,18). The van der Waals surface area contributed by atoms with Gasteiger partial charge in [-0.25, -0.2) is 17.9 Å². The minimum absolute atomic E-state index is 0.187. The second-order valence-electron chi connectivity index (χ2n) is 5.08. The van der Waals surface area contributed by atoms with Crippen molar-refractivity contribution in [1.29, 1.82) is 0 Å². The Morgan fingerprint density at radius 2 is 1.95 bits per heavy atom. The molecule has 9 heteroatoms. The first-order valence-corrected chi connectivity index (χ1v) is 7.66. The number of nitrogens with two attached hydrogens (primary N) is 1. The van der Waals surface area contributed by atoms with E-state index in [-0.39, 0.29) is 21.9 Å². The molecule has 0 aliphatic heterocycles. The van der Waals surface area contributed by atoms with Crippen molar-refractivity contribution >= 4 is 33.5 Å². The zero-order valence-corrected chi connectivity index (χ0v) is 13.0. The monoisotopic (exact) mass is 334 g/mol. The quantitative estimate of drug-likeness (QED) is 0.714. The number of carbonyl (C=O) groups excluding carboxylic acids is 1. The Labute approximate surface area is 127 Å². The number of rotatable bonds is 6. The third-order valence-corrected chi connectivity index (χ3v) is 4.52. The van der Waals surface area contributed by atoms with Crippen LogP contribution in [0.15, 0.2) is 23.1 Å². The minimum atomic E-state index is -3.96. The van der Waals surface area contributed by atoms with Gasteiger partial charge in [0.25, 0.3) is 0 Å². The summed E-state index contributed by atoms with van der Waals surface area (Å²) in [5.41, 5.74) is 3.77. The van der Waals surface area contributed by atoms with Gasteiger partial charge in [0, 0.05) is 12.0 Å². The molecular weight excluding hydrogens is 320 g/mol. The van der Waals surface area contributed by atoms with Crippen LogP contribution in [0.1, 0.15) is 30.6 Å². The number of carboxylic acid groups (broad SMARTS) is 1. The summed E-state index contributed by atoms with van der Waals surface area (Å²) in [6.45, 7) is 3.01. The van der Waals surface area contributed by atoms with Crippen molar-refractivity contribution in [2.45, 2.75) is 30.7 Å². The largest absolute Gasteiger partial charge is 0.478 e. The van der Waals surface area contributed by atoms with E-state index >= 15 is 0 Å². The second-order valence-corrected chi connectivity index (χ2v) is 7.17. The number of benzene rings is 1. The van der Waals surface area contributed by atoms with E-state index < -0.39 is 27.4 Å². The van der Waals surface area contributed by atoms with Crippen LogP contribution in [0.3, 0.4) is 0 Å². The second kappa shape index (κ2) is 6.00. The normalized spacial score (nSPS) is 12.1. The van der Waals surface area contributed by atoms with Crippen LogP contribution in [0.25, 0.3) is 0 Å². The molecule has 0 radical (unpaired) electrons. The highest BCUT2D eigenvalue weighted by atomic mass is 35.5. The highest BCUT2D eigenvalue weighted by Gasteiger charge is 2.28. The van der Waals surface area contributed by atoms with Gasteiger partial charge in [0.15, 0.2) is 0 Å². The first-order chi connectivity index (χ1) is 9.44. The van der Waals surface area contributed by atoms with E-state index in [1.54, 1.807) is 0 Å². The van der Waals surface area contributed by atoms with E-state index in [9.17, 15) is 18.0 Å². The van der Waals surface area contributed by atoms with E-state index in [0.29, 0.717) is 0 Å². The van der Waals surface area contributed by atoms with Crippen LogP contribution in [-0.4, -0.2) is 30.9 Å². The molecule has 1 aromatic carbocycles. The minimum Gasteiger partial charge on any atom is -0.478 e. The Morgan fingerprint density at radius 1 is 1.38 bits per heavy atom. The third-order valence-electron chi connectivity index (χ3n) is 2.51. The van der Waals surface area contributed by atoms with Gasteiger partial charge in [-0.15, -0.1) is 0 Å². The van der Waals surface area contributed by atoms with Crippen molar-refractivity contribution in [2.24, 2.45) is 5.73 Å². The molecule has 1 aromatic rings. The molecule has 7 nitrogen and oxygen atoms in total. The number of hydrogen-bond acceptors (Lipinski definition) is 4. The van der Waals surface area contributed by atoms with Crippen LogP contribution < -0.4 is 10.5 Å². The summed E-state index contributed by atoms with van der Waals surface area (Å²) >= 11 is 5.74. The molecule has 0 atom stereocenters. The molecule has 0 unspecified atom stereocenters. The lowest BCUT2D eigenvalue weighted by Gasteiger charge is -2.24. The number of hydrogen-bond donors (Lipinski definition) is 3. The Balaban J connectivity index is 3.12. The fraction of sp³-hybridized carbons (Fsp3) is 0.333. The number of primary amides is 1. The first-order valence-electron chi connectivity index (χ1n) is 5.80. The van der Waals surface area contributed by atoms with Crippen LogP contribution in [-0.2, 0) is 14.8 Å². The maximum atomic E-state index is 12.2. The van der Waals surface area contributed by atoms with Gasteiger partial charge in [-0.2, -0.15) is 0 Å². The Bertz CT molecular complexity index is 685. The van der Waals surface area contributed by atoms with Gasteiger partial charge in [-0.1, -0.05) is 11.6 Å². The summed E-state index contributed by atoms with van der Waals surface area (Å²) in [4.78, 5) is 21.5. The average molecular weight is 335 g/mol. The molecule has 1 amide bonds. The van der Waals surface area contributed by atoms with Gasteiger partial charge in [0.2, 0.25) is 15.9 Å². The fourth-order valence-electron chi connectivity index (χ4n) is 1.73. The van der Waals surface area contributed by atoms with Crippen LogP contribution >= 0.6 is 11.6 Å². The molecule has 0 heterocycles. The van der Waals surface area contributed by atoms with E-state index in [4.69, 9.17) is 22.4 Å². The number of sulfonamides is 1. The zero-order chi connectivity index (χ0) is 16.4. The molecule has 0 aliphatic carbocycles. The molecule has 0 aliphatic rings. The Hall–Kier alpha value is -1.64. The van der Waals surface area contributed by atoms with Crippen molar-refractivity contribution in [3.8, 4) is 0 Å². The average Bonchev–Trinajstić information content (AvgIpc) is 2.24. The fourth-order valence-corrected chi connectivity index (χ4v) is 3.49. The van der Waals surface area contributed by atoms with Crippen LogP contribution in [0.2, 0.25) is 5.02 Å². The lowest BCUT2D eigenvalue weighted by Crippen LogP contribution is -2.45. The van der Waals surface area contributed by atoms with Crippen molar-refractivity contribution in [1.82, 2.24) is 4.72 Å². The lowest BCUT2D eigenvalue weighted by atomic mass is 10.0. The first kappa shape index (κ1) is 17.4. The number of amides is 1. The van der Waals surface area contributed by atoms with Crippen LogP contribution in [0, 0.1) is 0 Å². The summed E-state index contributed by atoms with van der Waals surface area (Å²) in [5.74, 6) is -1.91. The molecule has 4 N–H and O–H groups in total. The van der Waals surface area contributed by atoms with E-state index in [1.165, 1.54) is 13.8 Å². The highest BCUT2D eigenvalue weighted by molar-refractivity contribution is 7.89. The van der Waals surface area contributed by atoms with Gasteiger partial charge in [-0.05, 0) is 32.0 Å². The number of carbonyl (C=O) groups is 2. The van der Waals surface area contributed by atoms with E-state index in [0.717, 1.165) is 18.2 Å². The Kier molecular flexibility index (Phi) is 4.98. The SMILES string of the molecule is CC(C)(CC(N)=O)NS(=O)(=O)c1ccc(C(=O)O)c(Cl)c1. The van der Waals surface area contributed by atoms with Crippen molar-refractivity contribution in [2.75, 3.05) is 0 Å². The van der Waals surface area contributed by atoms with Gasteiger partial charge in [0.05, 0.1) is 15.5 Å². The van der Waals surface area contributed by atoms with Crippen LogP contribution in [0.5, 0.6) is 0 Å². The molecule has 0 spiro atoms.